The molecule has 5 rings (SSSR count). The van der Waals surface area contributed by atoms with E-state index in [-0.39, 0.29) is 11.8 Å². The largest absolute Gasteiger partial charge is 0.437 e. The maximum absolute atomic E-state index is 13.3. The lowest BCUT2D eigenvalue weighted by Gasteiger charge is -2.32. The van der Waals surface area contributed by atoms with Crippen LogP contribution in [0.25, 0.3) is 0 Å². The zero-order valence-corrected chi connectivity index (χ0v) is 18.5. The molecule has 1 amide bonds. The van der Waals surface area contributed by atoms with Crippen molar-refractivity contribution in [2.75, 3.05) is 18.4 Å². The Morgan fingerprint density at radius 2 is 1.85 bits per heavy atom. The summed E-state index contributed by atoms with van der Waals surface area (Å²) >= 11 is 0. The molecule has 0 bridgehead atoms. The van der Waals surface area contributed by atoms with E-state index in [0.29, 0.717) is 36.2 Å². The van der Waals surface area contributed by atoms with Crippen molar-refractivity contribution in [3.63, 3.8) is 0 Å². The number of aromatic nitrogens is 4. The third-order valence-corrected chi connectivity index (χ3v) is 5.66. The SMILES string of the molecule is O=C(c1cccc(Nc2ncccn2)c1)N1CCC[C@H](c2cncc(Oc3ccccc3)n2)C1. The van der Waals surface area contributed by atoms with E-state index in [1.807, 2.05) is 59.5 Å². The number of likely N-dealkylation sites (tertiary alicyclic amines) is 1. The first-order valence-corrected chi connectivity index (χ1v) is 11.2. The molecular weight excluding hydrogens is 428 g/mol. The lowest BCUT2D eigenvalue weighted by molar-refractivity contribution is 0.0705. The standard InChI is InChI=1S/C26H24N6O2/c33-25(19-7-4-9-21(15-19)30-26-28-12-6-13-29-26)32-14-5-8-20(18-32)23-16-27-17-24(31-23)34-22-10-2-1-3-11-22/h1-4,6-7,9-13,15-17,20H,5,8,14,18H2,(H,28,29,30)/t20-/m0/s1. The molecule has 1 atom stereocenters. The summed E-state index contributed by atoms with van der Waals surface area (Å²) in [5, 5.41) is 3.14. The highest BCUT2D eigenvalue weighted by atomic mass is 16.5. The van der Waals surface area contributed by atoms with Crippen LogP contribution in [0.1, 0.15) is 34.8 Å². The van der Waals surface area contributed by atoms with Gasteiger partial charge in [-0.15, -0.1) is 0 Å². The van der Waals surface area contributed by atoms with E-state index in [2.05, 4.69) is 25.3 Å². The molecular formula is C26H24N6O2. The minimum atomic E-state index is -0.00743. The summed E-state index contributed by atoms with van der Waals surface area (Å²) in [5.74, 6) is 1.75. The monoisotopic (exact) mass is 452 g/mol. The average molecular weight is 453 g/mol. The van der Waals surface area contributed by atoms with Gasteiger partial charge in [0.05, 0.1) is 11.9 Å². The fourth-order valence-corrected chi connectivity index (χ4v) is 4.03. The minimum absolute atomic E-state index is 0.00743. The van der Waals surface area contributed by atoms with E-state index in [0.717, 1.165) is 24.2 Å². The van der Waals surface area contributed by atoms with E-state index in [1.165, 1.54) is 0 Å². The molecule has 0 spiro atoms. The molecule has 0 saturated carbocycles. The van der Waals surface area contributed by atoms with Gasteiger partial charge in [-0.05, 0) is 49.2 Å². The maximum atomic E-state index is 13.3. The number of amides is 1. The summed E-state index contributed by atoms with van der Waals surface area (Å²) in [6.45, 7) is 1.30. The molecule has 1 N–H and O–H groups in total. The molecule has 0 unspecified atom stereocenters. The van der Waals surface area contributed by atoms with Crippen LogP contribution in [-0.4, -0.2) is 43.8 Å². The normalized spacial score (nSPS) is 15.5. The fraction of sp³-hybridized carbons (Fsp3) is 0.192. The molecule has 8 heteroatoms. The molecule has 0 aliphatic carbocycles. The Morgan fingerprint density at radius 1 is 1.00 bits per heavy atom. The number of ether oxygens (including phenoxy) is 1. The highest BCUT2D eigenvalue weighted by molar-refractivity contribution is 5.95. The second-order valence-corrected chi connectivity index (χ2v) is 8.07. The van der Waals surface area contributed by atoms with Crippen LogP contribution in [0.3, 0.4) is 0 Å². The first-order chi connectivity index (χ1) is 16.7. The predicted octanol–water partition coefficient (Wildman–Crippen LogP) is 4.82. The van der Waals surface area contributed by atoms with Crippen LogP contribution in [0, 0.1) is 0 Å². The topological polar surface area (TPSA) is 93.1 Å². The Hall–Kier alpha value is -4.33. The summed E-state index contributed by atoms with van der Waals surface area (Å²) in [5.41, 5.74) is 2.22. The smallest absolute Gasteiger partial charge is 0.253 e. The first-order valence-electron chi connectivity index (χ1n) is 11.2. The molecule has 3 heterocycles. The van der Waals surface area contributed by atoms with Crippen molar-refractivity contribution in [3.05, 3.63) is 96.7 Å². The van der Waals surface area contributed by atoms with E-state index >= 15 is 0 Å². The maximum Gasteiger partial charge on any atom is 0.253 e. The molecule has 34 heavy (non-hydrogen) atoms. The minimum Gasteiger partial charge on any atom is -0.437 e. The van der Waals surface area contributed by atoms with Gasteiger partial charge < -0.3 is 15.0 Å². The van der Waals surface area contributed by atoms with Crippen LogP contribution in [-0.2, 0) is 0 Å². The lowest BCUT2D eigenvalue weighted by Crippen LogP contribution is -2.39. The Labute approximate surface area is 197 Å². The van der Waals surface area contributed by atoms with Crippen molar-refractivity contribution in [1.29, 1.82) is 0 Å². The van der Waals surface area contributed by atoms with Gasteiger partial charge in [-0.2, -0.15) is 0 Å². The molecule has 170 valence electrons. The predicted molar refractivity (Wildman–Crippen MR) is 128 cm³/mol. The number of anilines is 2. The summed E-state index contributed by atoms with van der Waals surface area (Å²) in [6, 6.07) is 18.7. The number of nitrogens with zero attached hydrogens (tertiary/aromatic N) is 5. The molecule has 1 fully saturated rings. The van der Waals surface area contributed by atoms with Gasteiger partial charge in [-0.3, -0.25) is 9.78 Å². The fourth-order valence-electron chi connectivity index (χ4n) is 4.03. The van der Waals surface area contributed by atoms with Crippen LogP contribution in [0.2, 0.25) is 0 Å². The molecule has 4 aromatic rings. The van der Waals surface area contributed by atoms with Crippen molar-refractivity contribution in [1.82, 2.24) is 24.8 Å². The van der Waals surface area contributed by atoms with Crippen molar-refractivity contribution < 1.29 is 9.53 Å². The number of hydrogen-bond acceptors (Lipinski definition) is 7. The van der Waals surface area contributed by atoms with Crippen LogP contribution in [0.15, 0.2) is 85.5 Å². The number of hydrogen-bond donors (Lipinski definition) is 1. The van der Waals surface area contributed by atoms with Crippen LogP contribution in [0.4, 0.5) is 11.6 Å². The molecule has 1 aliphatic heterocycles. The van der Waals surface area contributed by atoms with E-state index in [1.54, 1.807) is 30.9 Å². The van der Waals surface area contributed by atoms with Gasteiger partial charge in [-0.25, -0.2) is 15.0 Å². The van der Waals surface area contributed by atoms with Gasteiger partial charge >= 0.3 is 0 Å². The number of carbonyl (C=O) groups excluding carboxylic acids is 1. The van der Waals surface area contributed by atoms with Gasteiger partial charge in [-0.1, -0.05) is 24.3 Å². The van der Waals surface area contributed by atoms with Gasteiger partial charge in [0.15, 0.2) is 0 Å². The molecule has 0 radical (unpaired) electrons. The summed E-state index contributed by atoms with van der Waals surface area (Å²) in [7, 11) is 0. The van der Waals surface area contributed by atoms with Crippen molar-refractivity contribution in [2.45, 2.75) is 18.8 Å². The van der Waals surface area contributed by atoms with Crippen molar-refractivity contribution >= 4 is 17.5 Å². The van der Waals surface area contributed by atoms with Crippen molar-refractivity contribution in [3.8, 4) is 11.6 Å². The molecule has 2 aromatic carbocycles. The second-order valence-electron chi connectivity index (χ2n) is 8.07. The highest BCUT2D eigenvalue weighted by Gasteiger charge is 2.27. The first kappa shape index (κ1) is 21.5. The van der Waals surface area contributed by atoms with Crippen LogP contribution in [0.5, 0.6) is 11.6 Å². The van der Waals surface area contributed by atoms with E-state index in [9.17, 15) is 4.79 Å². The number of rotatable bonds is 6. The third-order valence-electron chi connectivity index (χ3n) is 5.66. The Morgan fingerprint density at radius 3 is 2.71 bits per heavy atom. The summed E-state index contributed by atoms with van der Waals surface area (Å²) < 4.78 is 5.84. The molecule has 1 saturated heterocycles. The second kappa shape index (κ2) is 10.1. The van der Waals surface area contributed by atoms with Crippen molar-refractivity contribution in [2.24, 2.45) is 0 Å². The Bertz CT molecular complexity index is 1250. The van der Waals surface area contributed by atoms with Gasteiger partial charge in [0.25, 0.3) is 5.91 Å². The average Bonchev–Trinajstić information content (AvgIpc) is 2.90. The molecule has 8 nitrogen and oxygen atoms in total. The van der Waals surface area contributed by atoms with Gasteiger partial charge in [0.2, 0.25) is 11.8 Å². The zero-order chi connectivity index (χ0) is 23.2. The van der Waals surface area contributed by atoms with E-state index < -0.39 is 0 Å². The number of benzene rings is 2. The zero-order valence-electron chi connectivity index (χ0n) is 18.5. The number of para-hydroxylation sites is 1. The van der Waals surface area contributed by atoms with Crippen LogP contribution >= 0.6 is 0 Å². The Kier molecular flexibility index (Phi) is 6.38. The highest BCUT2D eigenvalue weighted by Crippen LogP contribution is 2.28. The summed E-state index contributed by atoms with van der Waals surface area (Å²) in [4.78, 5) is 32.5. The number of piperidine rings is 1. The lowest BCUT2D eigenvalue weighted by atomic mass is 9.94. The van der Waals surface area contributed by atoms with E-state index in [4.69, 9.17) is 4.74 Å². The number of carbonyl (C=O) groups is 1. The third kappa shape index (κ3) is 5.17. The summed E-state index contributed by atoms with van der Waals surface area (Å²) in [6.07, 6.45) is 8.55. The molecule has 1 aliphatic rings. The molecule has 2 aromatic heterocycles. The van der Waals surface area contributed by atoms with Crippen LogP contribution < -0.4 is 10.1 Å². The van der Waals surface area contributed by atoms with Gasteiger partial charge in [0.1, 0.15) is 5.75 Å². The Balaban J connectivity index is 1.28. The van der Waals surface area contributed by atoms with Gasteiger partial charge in [0, 0.05) is 48.8 Å². The number of nitrogens with one attached hydrogen (secondary N) is 1. The quantitative estimate of drug-likeness (QED) is 0.448.